The van der Waals surface area contributed by atoms with Crippen LogP contribution in [0, 0.1) is 11.7 Å². The van der Waals surface area contributed by atoms with Gasteiger partial charge in [-0.3, -0.25) is 10.1 Å². The van der Waals surface area contributed by atoms with Crippen molar-refractivity contribution < 1.29 is 37.4 Å². The summed E-state index contributed by atoms with van der Waals surface area (Å²) in [6.07, 6.45) is -2.59. The average Bonchev–Trinajstić information content (AvgIpc) is 3.41. The molecule has 222 valence electrons. The number of amides is 2. The van der Waals surface area contributed by atoms with Gasteiger partial charge < -0.3 is 20.1 Å². The first-order valence-corrected chi connectivity index (χ1v) is 13.5. The number of halogens is 4. The maximum Gasteiger partial charge on any atom is 0.434 e. The molecule has 0 aliphatic rings. The SMILES string of the molecule is CCNC(=O)Nc1cc(-c2nc(C(F)(F)F)cs2)c(-c2cc3c(=O)c(C(=O)O)cn(C(CO)C(C)C)c3cc2F)cn1. The average molecular weight is 608 g/mol. The molecule has 0 saturated carbocycles. The summed E-state index contributed by atoms with van der Waals surface area (Å²) in [4.78, 5) is 44.9. The number of aliphatic hydroxyl groups excluding tert-OH is 1. The number of carboxylic acids is 1. The van der Waals surface area contributed by atoms with E-state index in [4.69, 9.17) is 0 Å². The molecule has 0 aliphatic carbocycles. The predicted molar refractivity (Wildman–Crippen MR) is 148 cm³/mol. The second-order valence-electron chi connectivity index (χ2n) is 9.56. The van der Waals surface area contributed by atoms with E-state index in [1.807, 2.05) is 0 Å². The summed E-state index contributed by atoms with van der Waals surface area (Å²) in [6, 6.07) is 1.97. The van der Waals surface area contributed by atoms with Crippen molar-refractivity contribution >= 4 is 40.1 Å². The van der Waals surface area contributed by atoms with E-state index in [1.165, 1.54) is 10.6 Å². The summed E-state index contributed by atoms with van der Waals surface area (Å²) >= 11 is 0.627. The van der Waals surface area contributed by atoms with E-state index in [2.05, 4.69) is 20.6 Å². The van der Waals surface area contributed by atoms with Crippen molar-refractivity contribution in [1.82, 2.24) is 19.9 Å². The Labute approximate surface area is 239 Å². The van der Waals surface area contributed by atoms with Crippen LogP contribution in [0.1, 0.15) is 42.9 Å². The number of hydrogen-bond acceptors (Lipinski definition) is 7. The fourth-order valence-corrected chi connectivity index (χ4v) is 5.24. The number of aromatic nitrogens is 3. The first-order chi connectivity index (χ1) is 19.8. The lowest BCUT2D eigenvalue weighted by Crippen LogP contribution is -2.28. The number of carbonyl (C=O) groups excluding carboxylic acids is 1. The molecule has 4 aromatic rings. The smallest absolute Gasteiger partial charge is 0.434 e. The lowest BCUT2D eigenvalue weighted by Gasteiger charge is -2.25. The molecule has 1 atom stereocenters. The predicted octanol–water partition coefficient (Wildman–Crippen LogP) is 5.37. The van der Waals surface area contributed by atoms with Crippen molar-refractivity contribution in [3.8, 4) is 21.7 Å². The van der Waals surface area contributed by atoms with Crippen LogP contribution < -0.4 is 16.1 Å². The molecule has 10 nitrogen and oxygen atoms in total. The Morgan fingerprint density at radius 3 is 2.43 bits per heavy atom. The zero-order valence-electron chi connectivity index (χ0n) is 22.4. The van der Waals surface area contributed by atoms with Gasteiger partial charge in [0.1, 0.15) is 22.2 Å². The monoisotopic (exact) mass is 607 g/mol. The fourth-order valence-electron chi connectivity index (χ4n) is 4.39. The van der Waals surface area contributed by atoms with Crippen LogP contribution in [-0.2, 0) is 6.18 Å². The Kier molecular flexibility index (Phi) is 8.63. The molecule has 2 amide bonds. The van der Waals surface area contributed by atoms with Gasteiger partial charge in [0.2, 0.25) is 5.43 Å². The van der Waals surface area contributed by atoms with Crippen LogP contribution in [-0.4, -0.2) is 49.9 Å². The summed E-state index contributed by atoms with van der Waals surface area (Å²) in [5.41, 5.74) is -3.07. The molecule has 0 fully saturated rings. The highest BCUT2D eigenvalue weighted by Crippen LogP contribution is 2.40. The molecule has 1 unspecified atom stereocenters. The number of anilines is 1. The normalized spacial score (nSPS) is 12.5. The number of rotatable bonds is 8. The van der Waals surface area contributed by atoms with Gasteiger partial charge in [-0.05, 0) is 31.0 Å². The number of hydrogen-bond donors (Lipinski definition) is 4. The van der Waals surface area contributed by atoms with Gasteiger partial charge in [0, 0.05) is 46.4 Å². The van der Waals surface area contributed by atoms with E-state index in [0.29, 0.717) is 11.3 Å². The third-order valence-electron chi connectivity index (χ3n) is 6.46. The maximum atomic E-state index is 15.8. The van der Waals surface area contributed by atoms with Crippen molar-refractivity contribution in [2.24, 2.45) is 5.92 Å². The minimum Gasteiger partial charge on any atom is -0.477 e. The molecule has 3 aromatic heterocycles. The first-order valence-electron chi connectivity index (χ1n) is 12.6. The second kappa shape index (κ2) is 11.9. The lowest BCUT2D eigenvalue weighted by molar-refractivity contribution is -0.140. The van der Waals surface area contributed by atoms with E-state index < -0.39 is 53.3 Å². The van der Waals surface area contributed by atoms with Gasteiger partial charge in [0.15, 0.2) is 5.69 Å². The van der Waals surface area contributed by atoms with E-state index >= 15 is 4.39 Å². The molecule has 0 aliphatic heterocycles. The highest BCUT2D eigenvalue weighted by Gasteiger charge is 2.34. The number of nitrogens with zero attached hydrogens (tertiary/aromatic N) is 3. The lowest BCUT2D eigenvalue weighted by atomic mass is 9.97. The molecule has 0 bridgehead atoms. The molecule has 0 spiro atoms. The van der Waals surface area contributed by atoms with Gasteiger partial charge in [0.05, 0.1) is 18.2 Å². The topological polar surface area (TPSA) is 146 Å². The third kappa shape index (κ3) is 5.97. The molecule has 0 saturated heterocycles. The Bertz CT molecular complexity index is 1730. The quantitative estimate of drug-likeness (QED) is 0.197. The molecule has 0 radical (unpaired) electrons. The number of alkyl halides is 3. The molecular formula is C27H25F4N5O5S. The number of aromatic carboxylic acids is 1. The van der Waals surface area contributed by atoms with Gasteiger partial charge in [0.25, 0.3) is 0 Å². The van der Waals surface area contributed by atoms with E-state index in [9.17, 15) is 37.8 Å². The van der Waals surface area contributed by atoms with Crippen LogP contribution in [0.4, 0.5) is 28.2 Å². The number of nitrogens with one attached hydrogen (secondary N) is 2. The summed E-state index contributed by atoms with van der Waals surface area (Å²) in [5, 5.41) is 25.0. The number of carboxylic acid groups (broad SMARTS) is 1. The Morgan fingerprint density at radius 2 is 1.86 bits per heavy atom. The van der Waals surface area contributed by atoms with Gasteiger partial charge in [-0.15, -0.1) is 11.3 Å². The van der Waals surface area contributed by atoms with Crippen molar-refractivity contribution in [3.05, 3.63) is 63.3 Å². The van der Waals surface area contributed by atoms with E-state index in [0.717, 1.165) is 29.9 Å². The molecule has 1 aromatic carbocycles. The number of aliphatic hydroxyl groups is 1. The van der Waals surface area contributed by atoms with Crippen LogP contribution in [0.2, 0.25) is 0 Å². The van der Waals surface area contributed by atoms with Crippen molar-refractivity contribution in [2.75, 3.05) is 18.5 Å². The van der Waals surface area contributed by atoms with Gasteiger partial charge in [-0.2, -0.15) is 13.2 Å². The van der Waals surface area contributed by atoms with Crippen molar-refractivity contribution in [3.63, 3.8) is 0 Å². The number of pyridine rings is 2. The second-order valence-corrected chi connectivity index (χ2v) is 10.4. The minimum absolute atomic E-state index is 0.0108. The zero-order chi connectivity index (χ0) is 30.9. The molecular weight excluding hydrogens is 582 g/mol. The third-order valence-corrected chi connectivity index (χ3v) is 7.34. The van der Waals surface area contributed by atoms with Gasteiger partial charge in [-0.1, -0.05) is 13.8 Å². The largest absolute Gasteiger partial charge is 0.477 e. The Balaban J connectivity index is 2.01. The standard InChI is InChI=1S/C27H25F4N5O5S/c1-4-32-26(41)35-22-6-14(24-34-21(11-42-24)27(29,30)31)16(8-33-22)13-5-15-19(7-18(13)28)36(20(10-37)12(2)3)9-17(23(15)38)25(39)40/h5-9,11-12,20,37H,4,10H2,1-3H3,(H,39,40)(H2,32,33,35,41). The highest BCUT2D eigenvalue weighted by atomic mass is 32.1. The Hall–Kier alpha value is -4.37. The first kappa shape index (κ1) is 30.6. The van der Waals surface area contributed by atoms with Crippen LogP contribution in [0.15, 0.2) is 40.8 Å². The Morgan fingerprint density at radius 1 is 1.14 bits per heavy atom. The number of thiazole rings is 1. The van der Waals surface area contributed by atoms with Crippen LogP contribution >= 0.6 is 11.3 Å². The molecule has 15 heteroatoms. The van der Waals surface area contributed by atoms with Crippen LogP contribution in [0.5, 0.6) is 0 Å². The number of fused-ring (bicyclic) bond motifs is 1. The van der Waals surface area contributed by atoms with E-state index in [-0.39, 0.29) is 50.9 Å². The number of carbonyl (C=O) groups is 2. The van der Waals surface area contributed by atoms with Crippen LogP contribution in [0.25, 0.3) is 32.6 Å². The summed E-state index contributed by atoms with van der Waals surface area (Å²) in [7, 11) is 0. The summed E-state index contributed by atoms with van der Waals surface area (Å²) in [6.45, 7) is 5.04. The number of urea groups is 1. The van der Waals surface area contributed by atoms with Gasteiger partial charge >= 0.3 is 18.2 Å². The summed E-state index contributed by atoms with van der Waals surface area (Å²) < 4.78 is 57.2. The zero-order valence-corrected chi connectivity index (χ0v) is 23.2. The van der Waals surface area contributed by atoms with Crippen molar-refractivity contribution in [2.45, 2.75) is 33.0 Å². The van der Waals surface area contributed by atoms with E-state index in [1.54, 1.807) is 20.8 Å². The fraction of sp³-hybridized carbons (Fsp3) is 0.296. The van der Waals surface area contributed by atoms with Crippen molar-refractivity contribution in [1.29, 1.82) is 0 Å². The highest BCUT2D eigenvalue weighted by molar-refractivity contribution is 7.13. The molecule has 4 N–H and O–H groups in total. The molecule has 3 heterocycles. The molecule has 42 heavy (non-hydrogen) atoms. The van der Waals surface area contributed by atoms with Gasteiger partial charge in [-0.25, -0.2) is 23.9 Å². The maximum absolute atomic E-state index is 15.8. The summed E-state index contributed by atoms with van der Waals surface area (Å²) in [5.74, 6) is -2.74. The minimum atomic E-state index is -4.75. The number of benzene rings is 1. The van der Waals surface area contributed by atoms with Crippen LogP contribution in [0.3, 0.4) is 0 Å². The molecule has 4 rings (SSSR count).